The van der Waals surface area contributed by atoms with Crippen molar-refractivity contribution in [3.63, 3.8) is 0 Å². The first-order valence-corrected chi connectivity index (χ1v) is 23.3. The fourth-order valence-electron chi connectivity index (χ4n) is 7.85. The standard InChI is InChI=1S/C47H63N15O9/c1-3-4-14-32(56-26(2)63)41(66)61-37-21-39(64)54-24-38(40(48)65)62-44(69)35(19-28-22-53-31-15-9-8-13-30(28)31)59-42(67)33(16-10-17-52-47(49)50)57-43(68)34(18-27-11-6-5-7-12-27)58-45(70)36(60-46(37)71)20-29-23-51-25-55-29/h5-9,11-13,15,22-23,25,32-38,53H,3-4,10,14,16-21,24H2,1-2H3,(H2,48,65)(H,51,55)(H,54,64)(H,56,63)(H,57,68)(H,58,70)(H,59,67)(H,60,71)(H,61,66)(H,62,69)(H4,49,50,52)/t32-,33-,34+,35-,36-,37-,38-/m0/s1. The number of benzene rings is 2. The van der Waals surface area contributed by atoms with Crippen LogP contribution in [0.15, 0.2) is 78.3 Å². The Labute approximate surface area is 409 Å². The monoisotopic (exact) mass is 981 g/mol. The van der Waals surface area contributed by atoms with Crippen LogP contribution < -0.4 is 59.7 Å². The minimum absolute atomic E-state index is 0.0560. The molecule has 24 nitrogen and oxygen atoms in total. The lowest BCUT2D eigenvalue weighted by atomic mass is 10.0. The summed E-state index contributed by atoms with van der Waals surface area (Å²) in [5.74, 6) is -7.92. The van der Waals surface area contributed by atoms with E-state index in [1.165, 1.54) is 19.4 Å². The number of hydrogen-bond acceptors (Lipinski definition) is 11. The summed E-state index contributed by atoms with van der Waals surface area (Å²) in [6, 6.07) is 5.85. The van der Waals surface area contributed by atoms with Crippen LogP contribution in [0.4, 0.5) is 0 Å². The van der Waals surface area contributed by atoms with Crippen molar-refractivity contribution in [2.24, 2.45) is 22.2 Å². The molecule has 2 aromatic carbocycles. The van der Waals surface area contributed by atoms with Crippen LogP contribution in [-0.4, -0.2) is 129 Å². The van der Waals surface area contributed by atoms with Gasteiger partial charge in [-0.3, -0.25) is 48.1 Å². The first-order chi connectivity index (χ1) is 34.0. The quantitative estimate of drug-likeness (QED) is 0.0299. The molecule has 0 spiro atoms. The average Bonchev–Trinajstić information content (AvgIpc) is 4.01. The number of amides is 9. The van der Waals surface area contributed by atoms with Crippen LogP contribution in [0.5, 0.6) is 0 Å². The van der Waals surface area contributed by atoms with E-state index in [4.69, 9.17) is 17.2 Å². The summed E-state index contributed by atoms with van der Waals surface area (Å²) in [6.07, 6.45) is 4.67. The van der Waals surface area contributed by atoms with Gasteiger partial charge >= 0.3 is 0 Å². The number of fused-ring (bicyclic) bond motifs is 1. The number of nitrogens with two attached hydrogens (primary N) is 3. The second kappa shape index (κ2) is 26.4. The molecule has 24 heteroatoms. The lowest BCUT2D eigenvalue weighted by Gasteiger charge is -2.28. The Kier molecular flexibility index (Phi) is 20.0. The van der Waals surface area contributed by atoms with Gasteiger partial charge in [0.05, 0.1) is 12.7 Å². The normalized spacial score (nSPS) is 21.2. The minimum Gasteiger partial charge on any atom is -0.370 e. The molecule has 1 fully saturated rings. The number of guanidine groups is 1. The number of aromatic nitrogens is 3. The maximum atomic E-state index is 14.6. The highest BCUT2D eigenvalue weighted by Gasteiger charge is 2.36. The van der Waals surface area contributed by atoms with Crippen molar-refractivity contribution in [2.75, 3.05) is 13.1 Å². The molecule has 3 heterocycles. The number of para-hydroxylation sites is 1. The smallest absolute Gasteiger partial charge is 0.243 e. The average molecular weight is 982 g/mol. The number of H-pyrrole nitrogens is 2. The summed E-state index contributed by atoms with van der Waals surface area (Å²) >= 11 is 0. The molecule has 1 saturated heterocycles. The molecule has 9 amide bonds. The molecule has 0 radical (unpaired) electrons. The number of aliphatic imine (C=N–C) groups is 1. The molecule has 0 aliphatic carbocycles. The highest BCUT2D eigenvalue weighted by molar-refractivity contribution is 5.99. The number of aromatic amines is 2. The van der Waals surface area contributed by atoms with Crippen molar-refractivity contribution in [3.8, 4) is 0 Å². The van der Waals surface area contributed by atoms with Gasteiger partial charge in [0.1, 0.15) is 42.3 Å². The summed E-state index contributed by atoms with van der Waals surface area (Å²) in [7, 11) is 0. The van der Waals surface area contributed by atoms with Crippen LogP contribution in [0.25, 0.3) is 10.9 Å². The van der Waals surface area contributed by atoms with Gasteiger partial charge in [0.15, 0.2) is 5.96 Å². The van der Waals surface area contributed by atoms with Crippen molar-refractivity contribution < 1.29 is 43.2 Å². The molecule has 71 heavy (non-hydrogen) atoms. The fourth-order valence-corrected chi connectivity index (χ4v) is 7.85. The SMILES string of the molecule is CCCC[C@H](NC(C)=O)C(=O)N[C@H]1CC(=O)NC[C@@H](C(N)=O)NC(=O)[C@H](Cc2c[nH]c3ccccc23)NC(=O)[C@H](CCCN=C(N)N)NC(=O)[C@@H](Cc2ccccc2)NC(=O)[C@H](Cc2cnc[nH]2)NC1=O. The predicted octanol–water partition coefficient (Wildman–Crippen LogP) is -2.42. The van der Waals surface area contributed by atoms with Crippen LogP contribution in [0.1, 0.15) is 69.2 Å². The third kappa shape index (κ3) is 16.7. The number of carbonyl (C=O) groups is 9. The van der Waals surface area contributed by atoms with Crippen LogP contribution >= 0.6 is 0 Å². The molecular formula is C47H63N15O9. The van der Waals surface area contributed by atoms with Gasteiger partial charge in [0.25, 0.3) is 0 Å². The highest BCUT2D eigenvalue weighted by Crippen LogP contribution is 2.20. The number of imidazole rings is 1. The van der Waals surface area contributed by atoms with E-state index in [9.17, 15) is 43.2 Å². The Morgan fingerprint density at radius 1 is 0.761 bits per heavy atom. The number of rotatable bonds is 17. The summed E-state index contributed by atoms with van der Waals surface area (Å²) in [4.78, 5) is 139. The molecule has 2 aromatic heterocycles. The third-order valence-corrected chi connectivity index (χ3v) is 11.6. The van der Waals surface area contributed by atoms with E-state index in [1.54, 1.807) is 42.6 Å². The van der Waals surface area contributed by atoms with Gasteiger partial charge in [-0.15, -0.1) is 0 Å². The molecule has 7 atom stereocenters. The zero-order valence-corrected chi connectivity index (χ0v) is 39.5. The third-order valence-electron chi connectivity index (χ3n) is 11.6. The van der Waals surface area contributed by atoms with E-state index in [0.717, 1.165) is 10.9 Å². The van der Waals surface area contributed by atoms with E-state index in [2.05, 4.69) is 62.5 Å². The number of unbranched alkanes of at least 4 members (excludes halogenated alkanes) is 1. The zero-order valence-electron chi connectivity index (χ0n) is 39.5. The second-order valence-corrected chi connectivity index (χ2v) is 17.2. The molecule has 1 aliphatic heterocycles. The Balaban J connectivity index is 1.58. The molecule has 0 saturated carbocycles. The van der Waals surface area contributed by atoms with E-state index < -0.39 is 108 Å². The van der Waals surface area contributed by atoms with E-state index in [0.29, 0.717) is 29.7 Å². The topological polar surface area (TPSA) is 385 Å². The van der Waals surface area contributed by atoms with Crippen molar-refractivity contribution in [1.82, 2.24) is 57.5 Å². The zero-order chi connectivity index (χ0) is 51.5. The molecule has 16 N–H and O–H groups in total. The Morgan fingerprint density at radius 3 is 2.06 bits per heavy atom. The van der Waals surface area contributed by atoms with E-state index >= 15 is 0 Å². The van der Waals surface area contributed by atoms with Crippen molar-refractivity contribution >= 4 is 70.0 Å². The van der Waals surface area contributed by atoms with Gasteiger partial charge in [-0.25, -0.2) is 4.98 Å². The van der Waals surface area contributed by atoms with E-state index in [-0.39, 0.29) is 51.0 Å². The summed E-state index contributed by atoms with van der Waals surface area (Å²) in [5, 5.41) is 21.7. The Morgan fingerprint density at radius 2 is 1.39 bits per heavy atom. The molecule has 5 rings (SSSR count). The second-order valence-electron chi connectivity index (χ2n) is 17.2. The fraction of sp³-hybridized carbons (Fsp3) is 0.426. The molecular weight excluding hydrogens is 919 g/mol. The largest absolute Gasteiger partial charge is 0.370 e. The summed E-state index contributed by atoms with van der Waals surface area (Å²) in [6.45, 7) is 2.56. The number of carbonyl (C=O) groups excluding carboxylic acids is 9. The van der Waals surface area contributed by atoms with Crippen LogP contribution in [0, 0.1) is 0 Å². The van der Waals surface area contributed by atoms with Gasteiger partial charge in [0, 0.05) is 68.3 Å². The molecule has 0 bridgehead atoms. The van der Waals surface area contributed by atoms with Crippen LogP contribution in [0.2, 0.25) is 0 Å². The van der Waals surface area contributed by atoms with Crippen molar-refractivity contribution in [1.29, 1.82) is 0 Å². The number of nitrogens with one attached hydrogen (secondary N) is 10. The lowest BCUT2D eigenvalue weighted by Crippen LogP contribution is -2.62. The Hall–Kier alpha value is -8.31. The minimum atomic E-state index is -1.69. The van der Waals surface area contributed by atoms with Crippen molar-refractivity contribution in [2.45, 2.75) is 114 Å². The number of primary amides is 1. The number of hydrogen-bond donors (Lipinski definition) is 13. The molecule has 380 valence electrons. The van der Waals surface area contributed by atoms with Crippen LogP contribution in [-0.2, 0) is 62.4 Å². The van der Waals surface area contributed by atoms with Gasteiger partial charge in [-0.05, 0) is 36.5 Å². The van der Waals surface area contributed by atoms with Gasteiger partial charge in [0.2, 0.25) is 53.2 Å². The molecule has 4 aromatic rings. The maximum absolute atomic E-state index is 14.6. The van der Waals surface area contributed by atoms with Crippen LogP contribution in [0.3, 0.4) is 0 Å². The van der Waals surface area contributed by atoms with Gasteiger partial charge in [-0.2, -0.15) is 0 Å². The predicted molar refractivity (Wildman–Crippen MR) is 260 cm³/mol. The summed E-state index contributed by atoms with van der Waals surface area (Å²) < 4.78 is 0. The van der Waals surface area contributed by atoms with Crippen molar-refractivity contribution in [3.05, 3.63) is 90.1 Å². The van der Waals surface area contributed by atoms with Gasteiger partial charge in [-0.1, -0.05) is 68.3 Å². The maximum Gasteiger partial charge on any atom is 0.243 e. The molecule has 1 aliphatic rings. The lowest BCUT2D eigenvalue weighted by molar-refractivity contribution is -0.136. The first kappa shape index (κ1) is 53.6. The van der Waals surface area contributed by atoms with Gasteiger partial charge < -0.3 is 69.7 Å². The van der Waals surface area contributed by atoms with E-state index in [1.807, 2.05) is 25.1 Å². The first-order valence-electron chi connectivity index (χ1n) is 23.3. The highest BCUT2D eigenvalue weighted by atomic mass is 16.2. The number of nitrogens with zero attached hydrogens (tertiary/aromatic N) is 2. The summed E-state index contributed by atoms with van der Waals surface area (Å²) in [5.41, 5.74) is 19.2. The Bertz CT molecular complexity index is 2530. The molecule has 0 unspecified atom stereocenters.